The second kappa shape index (κ2) is 6.97. The van der Waals surface area contributed by atoms with Crippen LogP contribution in [0.15, 0.2) is 45.3 Å². The molecule has 2 aromatic rings. The molecule has 0 aromatic heterocycles. The first-order chi connectivity index (χ1) is 9.52. The summed E-state index contributed by atoms with van der Waals surface area (Å²) in [5.74, 6) is 0.846. The minimum Gasteiger partial charge on any atom is -0.494 e. The van der Waals surface area contributed by atoms with Gasteiger partial charge in [-0.15, -0.1) is 11.6 Å². The summed E-state index contributed by atoms with van der Waals surface area (Å²) in [6.07, 6.45) is 0. The Bertz CT molecular complexity index is 613. The van der Waals surface area contributed by atoms with E-state index in [2.05, 4.69) is 44.8 Å². The predicted octanol–water partition coefficient (Wildman–Crippen LogP) is 6.25. The number of benzene rings is 2. The monoisotopic (exact) mass is 416 g/mol. The van der Waals surface area contributed by atoms with Gasteiger partial charge in [0.2, 0.25) is 0 Å². The fourth-order valence-electron chi connectivity index (χ4n) is 1.97. The van der Waals surface area contributed by atoms with Crippen LogP contribution in [0.3, 0.4) is 0 Å². The summed E-state index contributed by atoms with van der Waals surface area (Å²) >= 11 is 13.7. The highest BCUT2D eigenvalue weighted by atomic mass is 79.9. The van der Waals surface area contributed by atoms with Crippen LogP contribution in [0.5, 0.6) is 5.75 Å². The maximum atomic E-state index is 6.60. The summed E-state index contributed by atoms with van der Waals surface area (Å²) in [5, 5.41) is -0.188. The van der Waals surface area contributed by atoms with Crippen molar-refractivity contribution in [2.45, 2.75) is 19.2 Å². The lowest BCUT2D eigenvalue weighted by molar-refractivity contribution is 0.340. The SMILES string of the molecule is CCOc1ccc(C(Cl)c2ccc(Br)c(C)c2)c(Br)c1. The zero-order chi connectivity index (χ0) is 14.7. The molecule has 0 N–H and O–H groups in total. The van der Waals surface area contributed by atoms with Crippen molar-refractivity contribution in [1.29, 1.82) is 0 Å². The number of hydrogen-bond donors (Lipinski definition) is 0. The zero-order valence-corrected chi connectivity index (χ0v) is 15.2. The summed E-state index contributed by atoms with van der Waals surface area (Å²) in [6.45, 7) is 4.68. The van der Waals surface area contributed by atoms with Crippen LogP contribution in [0.25, 0.3) is 0 Å². The first-order valence-electron chi connectivity index (χ1n) is 6.35. The molecular weight excluding hydrogens is 403 g/mol. The van der Waals surface area contributed by atoms with Gasteiger partial charge in [0.1, 0.15) is 5.75 Å². The second-order valence-corrected chi connectivity index (χ2v) is 6.63. The highest BCUT2D eigenvalue weighted by Gasteiger charge is 2.15. The molecule has 0 saturated carbocycles. The van der Waals surface area contributed by atoms with Gasteiger partial charge in [0.15, 0.2) is 0 Å². The molecule has 4 heteroatoms. The first-order valence-corrected chi connectivity index (χ1v) is 8.37. The average Bonchev–Trinajstić information content (AvgIpc) is 2.42. The standard InChI is InChI=1S/C16H15Br2ClO/c1-3-20-12-5-6-13(15(18)9-12)16(19)11-4-7-14(17)10(2)8-11/h4-9,16H,3H2,1-2H3. The number of ether oxygens (including phenoxy) is 1. The van der Waals surface area contributed by atoms with Gasteiger partial charge in [-0.25, -0.2) is 0 Å². The van der Waals surface area contributed by atoms with Crippen molar-refractivity contribution in [1.82, 2.24) is 0 Å². The van der Waals surface area contributed by atoms with Crippen LogP contribution in [-0.2, 0) is 0 Å². The minimum atomic E-state index is -0.188. The van der Waals surface area contributed by atoms with Crippen LogP contribution in [0.1, 0.15) is 29.0 Å². The highest BCUT2D eigenvalue weighted by Crippen LogP contribution is 2.36. The maximum Gasteiger partial charge on any atom is 0.120 e. The van der Waals surface area contributed by atoms with Gasteiger partial charge in [0.25, 0.3) is 0 Å². The lowest BCUT2D eigenvalue weighted by Gasteiger charge is -2.15. The Hall–Kier alpha value is -0.510. The number of hydrogen-bond acceptors (Lipinski definition) is 1. The van der Waals surface area contributed by atoms with E-state index in [9.17, 15) is 0 Å². The van der Waals surface area contributed by atoms with Crippen LogP contribution < -0.4 is 4.74 Å². The molecule has 0 aliphatic rings. The average molecular weight is 419 g/mol. The van der Waals surface area contributed by atoms with Crippen LogP contribution in [0.2, 0.25) is 0 Å². The first kappa shape index (κ1) is 15.9. The van der Waals surface area contributed by atoms with Crippen molar-refractivity contribution >= 4 is 43.5 Å². The summed E-state index contributed by atoms with van der Waals surface area (Å²) in [6, 6.07) is 12.1. The molecule has 1 unspecified atom stereocenters. The summed E-state index contributed by atoms with van der Waals surface area (Å²) in [5.41, 5.74) is 3.30. The largest absolute Gasteiger partial charge is 0.494 e. The molecule has 0 radical (unpaired) electrons. The van der Waals surface area contributed by atoms with Crippen LogP contribution >= 0.6 is 43.5 Å². The van der Waals surface area contributed by atoms with Gasteiger partial charge in [-0.3, -0.25) is 0 Å². The smallest absolute Gasteiger partial charge is 0.120 e. The molecule has 0 bridgehead atoms. The fourth-order valence-corrected chi connectivity index (χ4v) is 3.27. The van der Waals surface area contributed by atoms with E-state index in [-0.39, 0.29) is 5.38 Å². The third-order valence-electron chi connectivity index (χ3n) is 3.03. The summed E-state index contributed by atoms with van der Waals surface area (Å²) in [7, 11) is 0. The van der Waals surface area contributed by atoms with Crippen molar-refractivity contribution in [3.63, 3.8) is 0 Å². The molecule has 20 heavy (non-hydrogen) atoms. The van der Waals surface area contributed by atoms with Crippen molar-refractivity contribution < 1.29 is 4.74 Å². The molecule has 1 nitrogen and oxygen atoms in total. The number of alkyl halides is 1. The van der Waals surface area contributed by atoms with E-state index in [1.807, 2.05) is 37.3 Å². The Morgan fingerprint density at radius 3 is 2.45 bits per heavy atom. The molecule has 0 aliphatic heterocycles. The predicted molar refractivity (Wildman–Crippen MR) is 91.9 cm³/mol. The fraction of sp³-hybridized carbons (Fsp3) is 0.250. The van der Waals surface area contributed by atoms with E-state index in [1.54, 1.807) is 0 Å². The van der Waals surface area contributed by atoms with E-state index in [1.165, 1.54) is 5.56 Å². The Balaban J connectivity index is 2.32. The van der Waals surface area contributed by atoms with E-state index >= 15 is 0 Å². The molecule has 0 saturated heterocycles. The van der Waals surface area contributed by atoms with Gasteiger partial charge >= 0.3 is 0 Å². The maximum absolute atomic E-state index is 6.60. The molecule has 2 rings (SSSR count). The molecule has 0 spiro atoms. The van der Waals surface area contributed by atoms with E-state index in [4.69, 9.17) is 16.3 Å². The third kappa shape index (κ3) is 3.57. The lowest BCUT2D eigenvalue weighted by atomic mass is 10.0. The molecule has 2 aromatic carbocycles. The second-order valence-electron chi connectivity index (χ2n) is 4.49. The minimum absolute atomic E-state index is 0.188. The van der Waals surface area contributed by atoms with Gasteiger partial charge in [0.05, 0.1) is 12.0 Å². The number of rotatable bonds is 4. The molecule has 1 atom stereocenters. The van der Waals surface area contributed by atoms with Crippen LogP contribution in [-0.4, -0.2) is 6.61 Å². The van der Waals surface area contributed by atoms with E-state index < -0.39 is 0 Å². The van der Waals surface area contributed by atoms with Crippen molar-refractivity contribution in [2.75, 3.05) is 6.61 Å². The van der Waals surface area contributed by atoms with Gasteiger partial charge < -0.3 is 4.74 Å². The Morgan fingerprint density at radius 2 is 1.85 bits per heavy atom. The normalized spacial score (nSPS) is 12.2. The Labute approximate surface area is 141 Å². The summed E-state index contributed by atoms with van der Waals surface area (Å²) in [4.78, 5) is 0. The highest BCUT2D eigenvalue weighted by molar-refractivity contribution is 9.10. The quantitative estimate of drug-likeness (QED) is 0.534. The van der Waals surface area contributed by atoms with Gasteiger partial charge in [-0.05, 0) is 48.7 Å². The molecule has 0 aliphatic carbocycles. The van der Waals surface area contributed by atoms with Crippen molar-refractivity contribution in [2.24, 2.45) is 0 Å². The summed E-state index contributed by atoms with van der Waals surface area (Å²) < 4.78 is 7.54. The third-order valence-corrected chi connectivity index (χ3v) is 5.09. The molecule has 0 amide bonds. The van der Waals surface area contributed by atoms with Crippen molar-refractivity contribution in [3.05, 3.63) is 62.0 Å². The Morgan fingerprint density at radius 1 is 1.10 bits per heavy atom. The number of halogens is 3. The van der Waals surface area contributed by atoms with E-state index in [0.717, 1.165) is 25.8 Å². The molecule has 0 heterocycles. The van der Waals surface area contributed by atoms with E-state index in [0.29, 0.717) is 6.61 Å². The van der Waals surface area contributed by atoms with Gasteiger partial charge in [-0.1, -0.05) is 50.1 Å². The number of aryl methyl sites for hydroxylation is 1. The Kier molecular flexibility index (Phi) is 5.53. The van der Waals surface area contributed by atoms with Crippen LogP contribution in [0.4, 0.5) is 0 Å². The van der Waals surface area contributed by atoms with Gasteiger partial charge in [-0.2, -0.15) is 0 Å². The topological polar surface area (TPSA) is 9.23 Å². The van der Waals surface area contributed by atoms with Crippen LogP contribution in [0, 0.1) is 6.92 Å². The lowest BCUT2D eigenvalue weighted by Crippen LogP contribution is -1.97. The molecule has 106 valence electrons. The zero-order valence-electron chi connectivity index (χ0n) is 11.3. The van der Waals surface area contributed by atoms with Gasteiger partial charge in [0, 0.05) is 8.95 Å². The van der Waals surface area contributed by atoms with Crippen molar-refractivity contribution in [3.8, 4) is 5.75 Å². The molecule has 0 fully saturated rings. The molecular formula is C16H15Br2ClO.